The van der Waals surface area contributed by atoms with Crippen LogP contribution in [0.5, 0.6) is 5.75 Å². The molecule has 0 aliphatic rings. The quantitative estimate of drug-likeness (QED) is 0.286. The molecule has 2 amide bonds. The summed E-state index contributed by atoms with van der Waals surface area (Å²) < 4.78 is 28.8. The molecule has 34 heavy (non-hydrogen) atoms. The summed E-state index contributed by atoms with van der Waals surface area (Å²) >= 11 is 0. The molecule has 0 saturated heterocycles. The van der Waals surface area contributed by atoms with E-state index in [4.69, 9.17) is 0 Å². The standard InChI is InChI=1S/C25H25F2N5O2/c1-16-5-4-6-17(2)23(16)29-25(33)32-28-15-19-7-11-21(12-8-19)31-30-18(3)20-9-13-22(14-10-20)34-24(26)27/h4-15,24,31H,1-3H3,(H2,29,32,33). The van der Waals surface area contributed by atoms with Crippen molar-refractivity contribution in [3.8, 4) is 5.75 Å². The maximum atomic E-state index is 12.2. The van der Waals surface area contributed by atoms with Gasteiger partial charge >= 0.3 is 12.6 Å². The van der Waals surface area contributed by atoms with E-state index in [2.05, 4.69) is 31.1 Å². The van der Waals surface area contributed by atoms with E-state index in [0.717, 1.165) is 33.6 Å². The molecule has 0 aromatic heterocycles. The highest BCUT2D eigenvalue weighted by Crippen LogP contribution is 2.19. The minimum absolute atomic E-state index is 0.0917. The maximum Gasteiger partial charge on any atom is 0.387 e. The number of hydrogen-bond donors (Lipinski definition) is 3. The van der Waals surface area contributed by atoms with Crippen LogP contribution in [0.4, 0.5) is 25.0 Å². The number of amides is 2. The van der Waals surface area contributed by atoms with Gasteiger partial charge in [-0.3, -0.25) is 5.43 Å². The van der Waals surface area contributed by atoms with Crippen LogP contribution < -0.4 is 20.9 Å². The number of anilines is 2. The molecule has 0 aliphatic carbocycles. The van der Waals surface area contributed by atoms with Gasteiger partial charge in [0.2, 0.25) is 0 Å². The van der Waals surface area contributed by atoms with Gasteiger partial charge in [0, 0.05) is 5.69 Å². The fourth-order valence-corrected chi connectivity index (χ4v) is 3.05. The van der Waals surface area contributed by atoms with E-state index >= 15 is 0 Å². The summed E-state index contributed by atoms with van der Waals surface area (Å²) in [5.41, 5.74) is 11.1. The number of hydrazone groups is 2. The Morgan fingerprint density at radius 2 is 1.62 bits per heavy atom. The van der Waals surface area contributed by atoms with Crippen LogP contribution in [0, 0.1) is 13.8 Å². The number of hydrogen-bond acceptors (Lipinski definition) is 5. The van der Waals surface area contributed by atoms with Crippen molar-refractivity contribution in [2.75, 3.05) is 10.7 Å². The van der Waals surface area contributed by atoms with Crippen LogP contribution in [-0.2, 0) is 0 Å². The van der Waals surface area contributed by atoms with Gasteiger partial charge < -0.3 is 10.1 Å². The summed E-state index contributed by atoms with van der Waals surface area (Å²) in [6.45, 7) is 2.79. The molecule has 176 valence electrons. The van der Waals surface area contributed by atoms with Gasteiger partial charge in [-0.25, -0.2) is 10.2 Å². The van der Waals surface area contributed by atoms with Crippen LogP contribution in [0.3, 0.4) is 0 Å². The van der Waals surface area contributed by atoms with Crippen LogP contribution in [0.15, 0.2) is 76.9 Å². The van der Waals surface area contributed by atoms with Crippen molar-refractivity contribution < 1.29 is 18.3 Å². The second kappa shape index (κ2) is 11.6. The highest BCUT2D eigenvalue weighted by molar-refractivity contribution is 5.99. The summed E-state index contributed by atoms with van der Waals surface area (Å²) in [5, 5.41) is 11.1. The first-order chi connectivity index (χ1) is 16.3. The SMILES string of the molecule is CC(=NNc1ccc(C=NNC(=O)Nc2c(C)cccc2C)cc1)c1ccc(OC(F)F)cc1. The molecular formula is C25H25F2N5O2. The Balaban J connectivity index is 1.51. The second-order valence-corrected chi connectivity index (χ2v) is 7.42. The van der Waals surface area contributed by atoms with Gasteiger partial charge in [0.25, 0.3) is 0 Å². The number of carbonyl (C=O) groups excluding carboxylic acids is 1. The van der Waals surface area contributed by atoms with Crippen LogP contribution in [0.2, 0.25) is 0 Å². The molecule has 0 saturated carbocycles. The number of carbonyl (C=O) groups is 1. The van der Waals surface area contributed by atoms with Crippen molar-refractivity contribution >= 4 is 29.3 Å². The molecule has 3 rings (SSSR count). The number of rotatable bonds is 8. The second-order valence-electron chi connectivity index (χ2n) is 7.42. The normalized spacial score (nSPS) is 11.5. The number of nitrogens with one attached hydrogen (secondary N) is 3. The Labute approximate surface area is 196 Å². The van der Waals surface area contributed by atoms with E-state index in [1.54, 1.807) is 19.1 Å². The minimum atomic E-state index is -2.86. The zero-order chi connectivity index (χ0) is 24.5. The number of aryl methyl sites for hydroxylation is 2. The Morgan fingerprint density at radius 3 is 2.24 bits per heavy atom. The molecule has 9 heteroatoms. The third-order valence-electron chi connectivity index (χ3n) is 4.86. The lowest BCUT2D eigenvalue weighted by atomic mass is 10.1. The Kier molecular flexibility index (Phi) is 8.28. The third kappa shape index (κ3) is 7.13. The average molecular weight is 466 g/mol. The number of alkyl halides is 2. The molecule has 0 radical (unpaired) electrons. The average Bonchev–Trinajstić information content (AvgIpc) is 2.81. The van der Waals surface area contributed by atoms with Crippen molar-refractivity contribution in [2.45, 2.75) is 27.4 Å². The summed E-state index contributed by atoms with van der Waals surface area (Å²) in [4.78, 5) is 12.1. The van der Waals surface area contributed by atoms with Crippen LogP contribution >= 0.6 is 0 Å². The number of nitrogens with zero attached hydrogens (tertiary/aromatic N) is 2. The first-order valence-electron chi connectivity index (χ1n) is 10.4. The molecule has 0 aliphatic heterocycles. The molecular weight excluding hydrogens is 440 g/mol. The predicted octanol–water partition coefficient (Wildman–Crippen LogP) is 5.90. The van der Waals surface area contributed by atoms with E-state index < -0.39 is 12.6 Å². The Morgan fingerprint density at radius 1 is 0.971 bits per heavy atom. The lowest BCUT2D eigenvalue weighted by molar-refractivity contribution is -0.0498. The highest BCUT2D eigenvalue weighted by atomic mass is 19.3. The zero-order valence-electron chi connectivity index (χ0n) is 19.0. The maximum absolute atomic E-state index is 12.2. The van der Waals surface area contributed by atoms with Crippen molar-refractivity contribution in [3.63, 3.8) is 0 Å². The summed E-state index contributed by atoms with van der Waals surface area (Å²) in [5.74, 6) is 0.0917. The predicted molar refractivity (Wildman–Crippen MR) is 131 cm³/mol. The van der Waals surface area contributed by atoms with Crippen molar-refractivity contribution in [1.29, 1.82) is 0 Å². The molecule has 0 unspecified atom stereocenters. The molecule has 0 bridgehead atoms. The first-order valence-corrected chi connectivity index (χ1v) is 10.4. The molecule has 3 aromatic rings. The van der Waals surface area contributed by atoms with E-state index in [1.807, 2.05) is 56.3 Å². The smallest absolute Gasteiger partial charge is 0.387 e. The van der Waals surface area contributed by atoms with Crippen molar-refractivity contribution in [2.24, 2.45) is 10.2 Å². The Bertz CT molecular complexity index is 1160. The molecule has 7 nitrogen and oxygen atoms in total. The molecule has 0 atom stereocenters. The van der Waals surface area contributed by atoms with Crippen molar-refractivity contribution in [3.05, 3.63) is 89.0 Å². The minimum Gasteiger partial charge on any atom is -0.435 e. The lowest BCUT2D eigenvalue weighted by Gasteiger charge is -2.10. The number of benzene rings is 3. The van der Waals surface area contributed by atoms with Gasteiger partial charge in [-0.15, -0.1) is 0 Å². The fourth-order valence-electron chi connectivity index (χ4n) is 3.05. The molecule has 3 N–H and O–H groups in total. The monoisotopic (exact) mass is 465 g/mol. The van der Waals surface area contributed by atoms with Gasteiger partial charge in [-0.2, -0.15) is 19.0 Å². The molecule has 0 spiro atoms. The number of halogens is 2. The third-order valence-corrected chi connectivity index (χ3v) is 4.86. The first kappa shape index (κ1) is 24.4. The van der Waals surface area contributed by atoms with E-state index in [-0.39, 0.29) is 5.75 Å². The van der Waals surface area contributed by atoms with Crippen LogP contribution in [0.1, 0.15) is 29.2 Å². The zero-order valence-corrected chi connectivity index (χ0v) is 19.0. The van der Waals surface area contributed by atoms with Gasteiger partial charge in [0.1, 0.15) is 5.75 Å². The number of ether oxygens (including phenoxy) is 1. The summed E-state index contributed by atoms with van der Waals surface area (Å²) in [6.07, 6.45) is 1.53. The fraction of sp³-hybridized carbons (Fsp3) is 0.160. The van der Waals surface area contributed by atoms with Gasteiger partial charge in [0.05, 0.1) is 17.6 Å². The summed E-state index contributed by atoms with van der Waals surface area (Å²) in [6, 6.07) is 18.9. The van der Waals surface area contributed by atoms with Crippen LogP contribution in [0.25, 0.3) is 0 Å². The van der Waals surface area contributed by atoms with Crippen molar-refractivity contribution in [1.82, 2.24) is 5.43 Å². The molecule has 3 aromatic carbocycles. The topological polar surface area (TPSA) is 87.1 Å². The lowest BCUT2D eigenvalue weighted by Crippen LogP contribution is -2.25. The van der Waals surface area contributed by atoms with E-state index in [1.165, 1.54) is 18.3 Å². The largest absolute Gasteiger partial charge is 0.435 e. The van der Waals surface area contributed by atoms with E-state index in [9.17, 15) is 13.6 Å². The molecule has 0 fully saturated rings. The number of para-hydroxylation sites is 1. The highest BCUT2D eigenvalue weighted by Gasteiger charge is 2.06. The summed E-state index contributed by atoms with van der Waals surface area (Å²) in [7, 11) is 0. The van der Waals surface area contributed by atoms with Gasteiger partial charge in [0.15, 0.2) is 0 Å². The van der Waals surface area contributed by atoms with Gasteiger partial charge in [-0.05, 0) is 79.4 Å². The van der Waals surface area contributed by atoms with Crippen LogP contribution in [-0.4, -0.2) is 24.6 Å². The number of urea groups is 1. The molecule has 0 heterocycles. The Hall–Kier alpha value is -4.27. The van der Waals surface area contributed by atoms with Gasteiger partial charge in [-0.1, -0.05) is 30.3 Å². The van der Waals surface area contributed by atoms with E-state index in [0.29, 0.717) is 5.71 Å².